The van der Waals surface area contributed by atoms with E-state index in [-0.39, 0.29) is 10.8 Å². The van der Waals surface area contributed by atoms with Crippen LogP contribution in [0.1, 0.15) is 36.0 Å². The van der Waals surface area contributed by atoms with Crippen molar-refractivity contribution in [3.8, 4) is 0 Å². The van der Waals surface area contributed by atoms with E-state index in [2.05, 4.69) is 44.3 Å². The average molecular weight is 484 g/mol. The minimum atomic E-state index is -3.44. The average Bonchev–Trinajstić information content (AvgIpc) is 3.31. The van der Waals surface area contributed by atoms with Crippen LogP contribution in [-0.2, 0) is 14.8 Å². The van der Waals surface area contributed by atoms with Crippen LogP contribution >= 0.6 is 11.8 Å². The lowest BCUT2D eigenvalue weighted by Gasteiger charge is -2.15. The van der Waals surface area contributed by atoms with Gasteiger partial charge in [-0.05, 0) is 81.1 Å². The zero-order valence-electron chi connectivity index (χ0n) is 19.2. The molecule has 4 rings (SSSR count). The van der Waals surface area contributed by atoms with Crippen LogP contribution in [0.3, 0.4) is 0 Å². The number of benzene rings is 2. The number of hydrogen-bond acceptors (Lipinski definition) is 5. The highest BCUT2D eigenvalue weighted by atomic mass is 32.2. The van der Waals surface area contributed by atoms with Crippen LogP contribution in [0.4, 0.5) is 5.69 Å². The van der Waals surface area contributed by atoms with Gasteiger partial charge in [-0.25, -0.2) is 13.4 Å². The molecule has 1 aromatic heterocycles. The summed E-state index contributed by atoms with van der Waals surface area (Å²) in [5.41, 5.74) is 5.17. The summed E-state index contributed by atoms with van der Waals surface area (Å²) < 4.78 is 26.8. The number of amides is 1. The van der Waals surface area contributed by atoms with Gasteiger partial charge in [0.05, 0.1) is 15.4 Å². The minimum Gasteiger partial charge on any atom is -0.326 e. The highest BCUT2D eigenvalue weighted by Crippen LogP contribution is 2.27. The van der Waals surface area contributed by atoms with Gasteiger partial charge in [-0.3, -0.25) is 4.79 Å². The van der Waals surface area contributed by atoms with E-state index in [1.807, 2.05) is 0 Å². The molecule has 33 heavy (non-hydrogen) atoms. The van der Waals surface area contributed by atoms with E-state index in [1.54, 1.807) is 36.0 Å². The Balaban J connectivity index is 1.33. The second-order valence-corrected chi connectivity index (χ2v) is 11.6. The van der Waals surface area contributed by atoms with Crippen molar-refractivity contribution in [3.05, 3.63) is 59.2 Å². The van der Waals surface area contributed by atoms with E-state index in [4.69, 9.17) is 4.98 Å². The van der Waals surface area contributed by atoms with Gasteiger partial charge in [-0.2, -0.15) is 4.31 Å². The van der Waals surface area contributed by atoms with Crippen molar-refractivity contribution >= 4 is 44.3 Å². The summed E-state index contributed by atoms with van der Waals surface area (Å²) in [6, 6.07) is 12.8. The lowest BCUT2D eigenvalue weighted by molar-refractivity contribution is -0.115. The van der Waals surface area contributed by atoms with Crippen molar-refractivity contribution in [3.63, 3.8) is 0 Å². The number of anilines is 1. The van der Waals surface area contributed by atoms with Crippen molar-refractivity contribution in [2.75, 3.05) is 24.2 Å². The van der Waals surface area contributed by atoms with E-state index < -0.39 is 10.0 Å². The molecule has 2 aromatic carbocycles. The maximum absolute atomic E-state index is 12.6. The van der Waals surface area contributed by atoms with Crippen LogP contribution in [0.15, 0.2) is 52.4 Å². The van der Waals surface area contributed by atoms with E-state index in [1.165, 1.54) is 20.8 Å². The van der Waals surface area contributed by atoms with Crippen LogP contribution in [0.5, 0.6) is 0 Å². The molecule has 0 spiro atoms. The molecule has 1 amide bonds. The molecule has 8 heteroatoms. The Hall–Kier alpha value is -2.42. The zero-order chi connectivity index (χ0) is 23.6. The number of aryl methyl sites for hydroxylation is 3. The summed E-state index contributed by atoms with van der Waals surface area (Å²) in [6.07, 6.45) is 2.14. The first kappa shape index (κ1) is 23.7. The monoisotopic (exact) mass is 483 g/mol. The molecule has 6 nitrogen and oxygen atoms in total. The number of hydrogen-bond donors (Lipinski definition) is 1. The highest BCUT2D eigenvalue weighted by Gasteiger charge is 2.26. The fraction of sp³-hybridized carbons (Fsp3) is 0.360. The quantitative estimate of drug-likeness (QED) is 0.475. The molecule has 3 aromatic rings. The van der Waals surface area contributed by atoms with Crippen LogP contribution in [0.25, 0.3) is 10.9 Å². The van der Waals surface area contributed by atoms with Crippen LogP contribution < -0.4 is 5.32 Å². The zero-order valence-corrected chi connectivity index (χ0v) is 20.9. The van der Waals surface area contributed by atoms with Crippen molar-refractivity contribution in [1.82, 2.24) is 9.29 Å². The van der Waals surface area contributed by atoms with Gasteiger partial charge >= 0.3 is 0 Å². The number of pyridine rings is 1. The van der Waals surface area contributed by atoms with Crippen molar-refractivity contribution in [1.29, 1.82) is 0 Å². The van der Waals surface area contributed by atoms with E-state index in [0.717, 1.165) is 28.9 Å². The standard InChI is InChI=1S/C25H29N3O3S2/c1-17-14-19(3)25-22(15-17)18(2)16-24(27-25)32-13-10-23(29)26-20-6-8-21(9-7-20)33(30,31)28-11-4-5-12-28/h6-9,14-16H,4-5,10-13H2,1-3H3,(H,26,29). The SMILES string of the molecule is Cc1cc(C)c2nc(SCCC(=O)Nc3ccc(S(=O)(=O)N4CCCC4)cc3)cc(C)c2c1. The van der Waals surface area contributed by atoms with E-state index in [9.17, 15) is 13.2 Å². The Bertz CT molecular complexity index is 1280. The van der Waals surface area contributed by atoms with Crippen molar-refractivity contribution < 1.29 is 13.2 Å². The predicted octanol–water partition coefficient (Wildman–Crippen LogP) is 5.07. The molecule has 0 radical (unpaired) electrons. The topological polar surface area (TPSA) is 79.4 Å². The normalized spacial score (nSPS) is 14.6. The Morgan fingerprint density at radius 3 is 2.42 bits per heavy atom. The van der Waals surface area contributed by atoms with Gasteiger partial charge in [0.1, 0.15) is 0 Å². The number of nitrogens with one attached hydrogen (secondary N) is 1. The summed E-state index contributed by atoms with van der Waals surface area (Å²) in [7, 11) is -3.44. The second-order valence-electron chi connectivity index (χ2n) is 8.54. The highest BCUT2D eigenvalue weighted by molar-refractivity contribution is 7.99. The molecule has 0 atom stereocenters. The van der Waals surface area contributed by atoms with Gasteiger partial charge in [0.2, 0.25) is 15.9 Å². The Morgan fingerprint density at radius 1 is 1.03 bits per heavy atom. The second kappa shape index (κ2) is 9.83. The Morgan fingerprint density at radius 2 is 1.73 bits per heavy atom. The summed E-state index contributed by atoms with van der Waals surface area (Å²) in [5, 5.41) is 4.94. The number of carbonyl (C=O) groups is 1. The molecule has 174 valence electrons. The van der Waals surface area contributed by atoms with Crippen LogP contribution in [0.2, 0.25) is 0 Å². The summed E-state index contributed by atoms with van der Waals surface area (Å²) in [5.74, 6) is 0.498. The molecule has 0 unspecified atom stereocenters. The smallest absolute Gasteiger partial charge is 0.243 e. The molecule has 2 heterocycles. The molecule has 0 saturated carbocycles. The Kier molecular flexibility index (Phi) is 7.07. The minimum absolute atomic E-state index is 0.109. The maximum atomic E-state index is 12.6. The first-order chi connectivity index (χ1) is 15.7. The molecular weight excluding hydrogens is 454 g/mol. The summed E-state index contributed by atoms with van der Waals surface area (Å²) in [4.78, 5) is 17.5. The van der Waals surface area contributed by atoms with Gasteiger partial charge in [0, 0.05) is 36.3 Å². The lowest BCUT2D eigenvalue weighted by atomic mass is 10.0. The van der Waals surface area contributed by atoms with Gasteiger partial charge < -0.3 is 5.32 Å². The molecular formula is C25H29N3O3S2. The fourth-order valence-electron chi connectivity index (χ4n) is 4.15. The molecule has 0 aliphatic carbocycles. The number of thioether (sulfide) groups is 1. The van der Waals surface area contributed by atoms with Crippen molar-refractivity contribution in [2.24, 2.45) is 0 Å². The maximum Gasteiger partial charge on any atom is 0.243 e. The summed E-state index contributed by atoms with van der Waals surface area (Å²) >= 11 is 1.56. The Labute approximate surface area is 199 Å². The largest absolute Gasteiger partial charge is 0.326 e. The number of fused-ring (bicyclic) bond motifs is 1. The predicted molar refractivity (Wildman–Crippen MR) is 134 cm³/mol. The third-order valence-electron chi connectivity index (χ3n) is 5.85. The fourth-order valence-corrected chi connectivity index (χ4v) is 6.58. The third kappa shape index (κ3) is 5.39. The van der Waals surface area contributed by atoms with Gasteiger partial charge in [0.25, 0.3) is 0 Å². The van der Waals surface area contributed by atoms with Gasteiger partial charge in [0.15, 0.2) is 0 Å². The lowest BCUT2D eigenvalue weighted by Crippen LogP contribution is -2.27. The van der Waals surface area contributed by atoms with E-state index >= 15 is 0 Å². The molecule has 1 saturated heterocycles. The molecule has 0 bridgehead atoms. The molecule has 1 aliphatic heterocycles. The molecule has 1 aliphatic rings. The number of carbonyl (C=O) groups excluding carboxylic acids is 1. The van der Waals surface area contributed by atoms with Gasteiger partial charge in [-0.15, -0.1) is 11.8 Å². The number of nitrogens with zero attached hydrogens (tertiary/aromatic N) is 2. The number of rotatable bonds is 7. The first-order valence-corrected chi connectivity index (χ1v) is 13.6. The van der Waals surface area contributed by atoms with Gasteiger partial charge in [-0.1, -0.05) is 11.6 Å². The molecule has 1 fully saturated rings. The summed E-state index contributed by atoms with van der Waals surface area (Å²) in [6.45, 7) is 7.40. The number of aromatic nitrogens is 1. The van der Waals surface area contributed by atoms with Crippen LogP contribution in [0, 0.1) is 20.8 Å². The van der Waals surface area contributed by atoms with Crippen molar-refractivity contribution in [2.45, 2.75) is 50.0 Å². The van der Waals surface area contributed by atoms with E-state index in [0.29, 0.717) is 31.0 Å². The first-order valence-electron chi connectivity index (χ1n) is 11.2. The number of sulfonamides is 1. The molecule has 1 N–H and O–H groups in total. The third-order valence-corrected chi connectivity index (χ3v) is 8.68. The van der Waals surface area contributed by atoms with Crippen LogP contribution in [-0.4, -0.2) is 42.5 Å².